The third-order valence-electron chi connectivity index (χ3n) is 1.66. The Balaban J connectivity index is 2.70. The van der Waals surface area contributed by atoms with Crippen LogP contribution >= 0.6 is 11.6 Å². The number of carbonyl (C=O) groups is 1. The molecule has 0 amide bonds. The maximum absolute atomic E-state index is 10.7. The molecule has 0 aromatic carbocycles. The molecule has 1 heterocycles. The fourth-order valence-corrected chi connectivity index (χ4v) is 1.14. The summed E-state index contributed by atoms with van der Waals surface area (Å²) in [7, 11) is 0. The molecule has 0 saturated carbocycles. The van der Waals surface area contributed by atoms with E-state index < -0.39 is 5.97 Å². The molecule has 16 heavy (non-hydrogen) atoms. The number of hydrogen-bond acceptors (Lipinski definition) is 4. The molecule has 0 aliphatic carbocycles. The quantitative estimate of drug-likeness (QED) is 0.617. The summed E-state index contributed by atoms with van der Waals surface area (Å²) in [6.45, 7) is 2.31. The number of nitrogens with zero attached hydrogens (tertiary/aromatic N) is 2. The van der Waals surface area contributed by atoms with E-state index in [9.17, 15) is 4.79 Å². The summed E-state index contributed by atoms with van der Waals surface area (Å²) in [6, 6.07) is 0. The molecule has 0 radical (unpaired) electrons. The summed E-state index contributed by atoms with van der Waals surface area (Å²) in [6.07, 6.45) is 1.90. The molecule has 84 valence electrons. The second kappa shape index (κ2) is 5.93. The maximum atomic E-state index is 10.7. The Morgan fingerprint density at radius 2 is 2.44 bits per heavy atom. The van der Waals surface area contributed by atoms with Crippen LogP contribution in [0.4, 0.5) is 5.95 Å². The first-order valence-corrected chi connectivity index (χ1v) is 4.92. The third-order valence-corrected chi connectivity index (χ3v) is 1.93. The number of rotatable bonds is 4. The molecule has 1 rings (SSSR count). The Bertz CT molecular complexity index is 451. The summed E-state index contributed by atoms with van der Waals surface area (Å²) in [4.78, 5) is 18.3. The minimum atomic E-state index is -1.18. The molecule has 1 aromatic rings. The average molecular weight is 240 g/mol. The molecule has 1 aromatic heterocycles. The van der Waals surface area contributed by atoms with Gasteiger partial charge in [0.2, 0.25) is 5.95 Å². The Morgan fingerprint density at radius 1 is 1.69 bits per heavy atom. The van der Waals surface area contributed by atoms with E-state index in [1.54, 1.807) is 6.92 Å². The molecular weight excluding hydrogens is 230 g/mol. The van der Waals surface area contributed by atoms with Crippen molar-refractivity contribution >= 4 is 23.5 Å². The lowest BCUT2D eigenvalue weighted by Crippen LogP contribution is -2.09. The summed E-state index contributed by atoms with van der Waals surface area (Å²) >= 11 is 5.62. The molecule has 0 aliphatic rings. The minimum Gasteiger partial charge on any atom is -0.476 e. The fourth-order valence-electron chi connectivity index (χ4n) is 0.964. The van der Waals surface area contributed by atoms with Gasteiger partial charge in [0, 0.05) is 13.0 Å². The molecule has 0 spiro atoms. The van der Waals surface area contributed by atoms with Crippen molar-refractivity contribution in [1.82, 2.24) is 9.97 Å². The molecule has 0 aliphatic heterocycles. The minimum absolute atomic E-state index is 0.0198. The van der Waals surface area contributed by atoms with Crippen LogP contribution in [0.3, 0.4) is 0 Å². The maximum Gasteiger partial charge on any atom is 0.356 e. The van der Waals surface area contributed by atoms with Gasteiger partial charge >= 0.3 is 5.97 Å². The van der Waals surface area contributed by atoms with Crippen molar-refractivity contribution in [2.45, 2.75) is 13.3 Å². The predicted molar refractivity (Wildman–Crippen MR) is 60.6 cm³/mol. The van der Waals surface area contributed by atoms with Crippen molar-refractivity contribution in [3.05, 3.63) is 16.9 Å². The summed E-state index contributed by atoms with van der Waals surface area (Å²) < 4.78 is 0. The smallest absolute Gasteiger partial charge is 0.356 e. The van der Waals surface area contributed by atoms with Gasteiger partial charge in [0.05, 0.1) is 11.2 Å². The number of hydrogen-bond donors (Lipinski definition) is 2. The standard InChI is InChI=1S/C10H10ClN3O2/c1-2-3-4-5-12-10-13-6-7(11)8(14-10)9(15)16/h6H,4-5H2,1H3,(H,15,16)(H,12,13,14). The van der Waals surface area contributed by atoms with Crippen LogP contribution in [-0.4, -0.2) is 27.6 Å². The lowest BCUT2D eigenvalue weighted by Gasteiger charge is -2.03. The van der Waals surface area contributed by atoms with Gasteiger partial charge in [-0.15, -0.1) is 11.8 Å². The first-order chi connectivity index (χ1) is 7.65. The van der Waals surface area contributed by atoms with Crippen molar-refractivity contribution in [2.24, 2.45) is 0 Å². The molecule has 0 bridgehead atoms. The van der Waals surface area contributed by atoms with Crippen molar-refractivity contribution < 1.29 is 9.90 Å². The number of carboxylic acid groups (broad SMARTS) is 1. The van der Waals surface area contributed by atoms with Crippen LogP contribution in [0.5, 0.6) is 0 Å². The molecule has 0 saturated heterocycles. The third kappa shape index (κ3) is 3.41. The highest BCUT2D eigenvalue weighted by Gasteiger charge is 2.11. The van der Waals surface area contributed by atoms with E-state index in [-0.39, 0.29) is 16.7 Å². The highest BCUT2D eigenvalue weighted by atomic mass is 35.5. The fraction of sp³-hybridized carbons (Fsp3) is 0.300. The number of aromatic carboxylic acids is 1. The molecule has 5 nitrogen and oxygen atoms in total. The Hall–Kier alpha value is -1.80. The summed E-state index contributed by atoms with van der Waals surface area (Å²) in [5.74, 6) is 4.66. The van der Waals surface area contributed by atoms with Crippen molar-refractivity contribution in [3.63, 3.8) is 0 Å². The van der Waals surface area contributed by atoms with Crippen LogP contribution in [0, 0.1) is 11.8 Å². The van der Waals surface area contributed by atoms with E-state index in [0.29, 0.717) is 13.0 Å². The van der Waals surface area contributed by atoms with E-state index in [0.717, 1.165) is 0 Å². The van der Waals surface area contributed by atoms with Crippen LogP contribution in [0.25, 0.3) is 0 Å². The average Bonchev–Trinajstić information content (AvgIpc) is 2.26. The number of nitrogens with one attached hydrogen (secondary N) is 1. The van der Waals surface area contributed by atoms with Crippen LogP contribution in [-0.2, 0) is 0 Å². The second-order valence-corrected chi connectivity index (χ2v) is 3.21. The topological polar surface area (TPSA) is 75.1 Å². The molecule has 0 atom stereocenters. The van der Waals surface area contributed by atoms with E-state index in [1.807, 2.05) is 0 Å². The Kier molecular flexibility index (Phi) is 4.55. The zero-order valence-corrected chi connectivity index (χ0v) is 9.38. The van der Waals surface area contributed by atoms with E-state index in [4.69, 9.17) is 16.7 Å². The van der Waals surface area contributed by atoms with Gasteiger partial charge in [-0.3, -0.25) is 0 Å². The Labute approximate surface area is 97.9 Å². The van der Waals surface area contributed by atoms with Crippen LogP contribution in [0.1, 0.15) is 23.8 Å². The van der Waals surface area contributed by atoms with E-state index in [2.05, 4.69) is 27.1 Å². The van der Waals surface area contributed by atoms with E-state index >= 15 is 0 Å². The highest BCUT2D eigenvalue weighted by molar-refractivity contribution is 6.33. The molecule has 2 N–H and O–H groups in total. The van der Waals surface area contributed by atoms with Gasteiger partial charge in [0.1, 0.15) is 0 Å². The first kappa shape index (κ1) is 12.3. The monoisotopic (exact) mass is 239 g/mol. The molecule has 0 fully saturated rings. The zero-order chi connectivity index (χ0) is 12.0. The van der Waals surface area contributed by atoms with Gasteiger partial charge in [0.15, 0.2) is 5.69 Å². The number of halogens is 1. The van der Waals surface area contributed by atoms with Crippen molar-refractivity contribution in [1.29, 1.82) is 0 Å². The van der Waals surface area contributed by atoms with Crippen molar-refractivity contribution in [2.75, 3.05) is 11.9 Å². The second-order valence-electron chi connectivity index (χ2n) is 2.80. The van der Waals surface area contributed by atoms with Crippen LogP contribution < -0.4 is 5.32 Å². The predicted octanol–water partition coefficient (Wildman–Crippen LogP) is 1.65. The largest absolute Gasteiger partial charge is 0.476 e. The summed E-state index contributed by atoms with van der Waals surface area (Å²) in [5.41, 5.74) is -0.208. The van der Waals surface area contributed by atoms with Gasteiger partial charge in [0.25, 0.3) is 0 Å². The van der Waals surface area contributed by atoms with Gasteiger partial charge in [-0.05, 0) is 6.92 Å². The number of carboxylic acids is 1. The van der Waals surface area contributed by atoms with E-state index in [1.165, 1.54) is 6.20 Å². The first-order valence-electron chi connectivity index (χ1n) is 4.54. The zero-order valence-electron chi connectivity index (χ0n) is 8.62. The van der Waals surface area contributed by atoms with Gasteiger partial charge in [-0.2, -0.15) is 0 Å². The number of anilines is 1. The van der Waals surface area contributed by atoms with Gasteiger partial charge < -0.3 is 10.4 Å². The number of aromatic nitrogens is 2. The Morgan fingerprint density at radius 3 is 3.06 bits per heavy atom. The normalized spacial score (nSPS) is 9.12. The highest BCUT2D eigenvalue weighted by Crippen LogP contribution is 2.13. The summed E-state index contributed by atoms with van der Waals surface area (Å²) in [5, 5.41) is 11.6. The molecular formula is C10H10ClN3O2. The SMILES string of the molecule is CC#CCCNc1ncc(Cl)c(C(=O)O)n1. The van der Waals surface area contributed by atoms with Gasteiger partial charge in [-0.1, -0.05) is 11.6 Å². The lowest BCUT2D eigenvalue weighted by molar-refractivity contribution is 0.0690. The van der Waals surface area contributed by atoms with Crippen molar-refractivity contribution in [3.8, 4) is 11.8 Å². The molecule has 0 unspecified atom stereocenters. The van der Waals surface area contributed by atoms with Gasteiger partial charge in [-0.25, -0.2) is 14.8 Å². The lowest BCUT2D eigenvalue weighted by atomic mass is 10.4. The molecule has 6 heteroatoms. The van der Waals surface area contributed by atoms with Crippen LogP contribution in [0.2, 0.25) is 5.02 Å². The van der Waals surface area contributed by atoms with Crippen LogP contribution in [0.15, 0.2) is 6.20 Å².